The number of nitrogens with two attached hydrogens (primary N) is 1. The molecule has 21 heavy (non-hydrogen) atoms. The first-order valence-electron chi connectivity index (χ1n) is 6.64. The molecule has 1 aromatic rings. The number of para-hydroxylation sites is 1. The lowest BCUT2D eigenvalue weighted by Gasteiger charge is -2.14. The minimum absolute atomic E-state index is 0.00679. The average Bonchev–Trinajstić information content (AvgIpc) is 2.93. The van der Waals surface area contributed by atoms with Gasteiger partial charge >= 0.3 is 0 Å². The van der Waals surface area contributed by atoms with E-state index in [1.165, 1.54) is 18.2 Å². The monoisotopic (exact) mass is 294 g/mol. The first-order chi connectivity index (χ1) is 10.1. The number of nitrogens with zero attached hydrogens (tertiary/aromatic N) is 1. The first-order valence-corrected chi connectivity index (χ1v) is 6.64. The molecule has 0 heterocycles. The summed E-state index contributed by atoms with van der Waals surface area (Å²) in [5.41, 5.74) is 2.19. The van der Waals surface area contributed by atoms with E-state index in [0.717, 1.165) is 19.3 Å². The Kier molecular flexibility index (Phi) is 4.71. The molecule has 2 unspecified atom stereocenters. The zero-order valence-electron chi connectivity index (χ0n) is 11.7. The molecule has 1 aromatic carbocycles. The van der Waals surface area contributed by atoms with E-state index in [9.17, 15) is 14.9 Å². The van der Waals surface area contributed by atoms with Crippen LogP contribution in [0.3, 0.4) is 0 Å². The van der Waals surface area contributed by atoms with Crippen LogP contribution in [0.25, 0.3) is 0 Å². The van der Waals surface area contributed by atoms with Crippen molar-refractivity contribution in [1.29, 1.82) is 0 Å². The normalized spacial score (nSPS) is 21.0. The lowest BCUT2D eigenvalue weighted by Crippen LogP contribution is -2.34. The molecule has 1 aliphatic rings. The summed E-state index contributed by atoms with van der Waals surface area (Å²) in [6, 6.07) is 4.26. The van der Waals surface area contributed by atoms with Crippen molar-refractivity contribution in [2.45, 2.75) is 31.4 Å². The van der Waals surface area contributed by atoms with Crippen molar-refractivity contribution in [3.05, 3.63) is 33.9 Å². The maximum atomic E-state index is 12.3. The van der Waals surface area contributed by atoms with Gasteiger partial charge in [-0.05, 0) is 25.3 Å². The minimum atomic E-state index is -0.581. The van der Waals surface area contributed by atoms with Crippen molar-refractivity contribution in [1.82, 2.24) is 5.32 Å². The van der Waals surface area contributed by atoms with Crippen molar-refractivity contribution >= 4 is 17.3 Å². The number of methoxy groups -OCH3 is 1. The van der Waals surface area contributed by atoms with Crippen LogP contribution in [0.5, 0.6) is 0 Å². The molecule has 4 N–H and O–H groups in total. The molecule has 1 saturated carbocycles. The second-order valence-electron chi connectivity index (χ2n) is 4.94. The van der Waals surface area contributed by atoms with Crippen molar-refractivity contribution in [2.24, 2.45) is 5.84 Å². The van der Waals surface area contributed by atoms with Gasteiger partial charge in [0.2, 0.25) is 0 Å². The summed E-state index contributed by atoms with van der Waals surface area (Å²) in [7, 11) is 1.64. The van der Waals surface area contributed by atoms with Gasteiger partial charge in [0.1, 0.15) is 5.69 Å². The number of nitrogens with one attached hydrogen (secondary N) is 2. The molecule has 0 bridgehead atoms. The zero-order valence-corrected chi connectivity index (χ0v) is 11.7. The predicted octanol–water partition coefficient (Wildman–Crippen LogP) is 1.18. The molecule has 1 amide bonds. The highest BCUT2D eigenvalue weighted by atomic mass is 16.6. The summed E-state index contributed by atoms with van der Waals surface area (Å²) >= 11 is 0. The Hall–Kier alpha value is -2.19. The largest absolute Gasteiger partial charge is 0.381 e. The molecule has 0 aromatic heterocycles. The predicted molar refractivity (Wildman–Crippen MR) is 76.8 cm³/mol. The van der Waals surface area contributed by atoms with Gasteiger partial charge in [0.05, 0.1) is 16.6 Å². The summed E-state index contributed by atoms with van der Waals surface area (Å²) in [6.07, 6.45) is 2.60. The molecular formula is C13H18N4O4. The number of carbonyl (C=O) groups excluding carboxylic acids is 1. The number of amides is 1. The van der Waals surface area contributed by atoms with Gasteiger partial charge in [-0.3, -0.25) is 20.8 Å². The fourth-order valence-corrected chi connectivity index (χ4v) is 2.58. The smallest absolute Gasteiger partial charge is 0.294 e. The van der Waals surface area contributed by atoms with Crippen LogP contribution in [0.4, 0.5) is 11.4 Å². The van der Waals surface area contributed by atoms with Crippen LogP contribution in [0.2, 0.25) is 0 Å². The fourth-order valence-electron chi connectivity index (χ4n) is 2.58. The SMILES string of the molecule is COC1CCC(NC(=O)c2cccc([N+](=O)[O-])c2NN)C1. The standard InChI is InChI=1S/C13H18N4O4/c1-21-9-6-5-8(7-9)15-13(18)10-3-2-4-11(17(19)20)12(10)16-14/h2-4,8-9,16H,5-7,14H2,1H3,(H,15,18). The van der Waals surface area contributed by atoms with E-state index in [1.807, 2.05) is 0 Å². The lowest BCUT2D eigenvalue weighted by molar-refractivity contribution is -0.384. The van der Waals surface area contributed by atoms with E-state index >= 15 is 0 Å². The number of nitrogen functional groups attached to an aromatic ring is 1. The molecule has 2 rings (SSSR count). The van der Waals surface area contributed by atoms with Crippen LogP contribution >= 0.6 is 0 Å². The Morgan fingerprint density at radius 2 is 2.24 bits per heavy atom. The lowest BCUT2D eigenvalue weighted by atomic mass is 10.1. The number of nitro groups is 1. The molecule has 8 nitrogen and oxygen atoms in total. The number of ether oxygens (including phenoxy) is 1. The van der Waals surface area contributed by atoms with E-state index < -0.39 is 4.92 Å². The highest BCUT2D eigenvalue weighted by Gasteiger charge is 2.28. The van der Waals surface area contributed by atoms with Gasteiger partial charge in [-0.1, -0.05) is 6.07 Å². The fraction of sp³-hybridized carbons (Fsp3) is 0.462. The number of hydrazine groups is 1. The Bertz CT molecular complexity index is 549. The number of carbonyl (C=O) groups is 1. The number of nitro benzene ring substituents is 1. The van der Waals surface area contributed by atoms with E-state index in [1.54, 1.807) is 7.11 Å². The summed E-state index contributed by atoms with van der Waals surface area (Å²) in [4.78, 5) is 22.6. The number of hydrogen-bond donors (Lipinski definition) is 3. The minimum Gasteiger partial charge on any atom is -0.381 e. The van der Waals surface area contributed by atoms with Crippen LogP contribution in [0.1, 0.15) is 29.6 Å². The van der Waals surface area contributed by atoms with E-state index in [2.05, 4.69) is 10.7 Å². The molecule has 8 heteroatoms. The molecule has 0 radical (unpaired) electrons. The molecule has 0 spiro atoms. The second kappa shape index (κ2) is 6.51. The van der Waals surface area contributed by atoms with Crippen LogP contribution < -0.4 is 16.6 Å². The van der Waals surface area contributed by atoms with Crippen molar-refractivity contribution in [2.75, 3.05) is 12.5 Å². The molecule has 1 aliphatic carbocycles. The number of benzene rings is 1. The van der Waals surface area contributed by atoms with Crippen LogP contribution in [0.15, 0.2) is 18.2 Å². The second-order valence-corrected chi connectivity index (χ2v) is 4.94. The third kappa shape index (κ3) is 3.29. The van der Waals surface area contributed by atoms with Gasteiger partial charge in [-0.2, -0.15) is 0 Å². The number of rotatable bonds is 5. The topological polar surface area (TPSA) is 120 Å². The Balaban J connectivity index is 2.16. The molecule has 0 saturated heterocycles. The van der Waals surface area contributed by atoms with Crippen molar-refractivity contribution in [3.63, 3.8) is 0 Å². The quantitative estimate of drug-likeness (QED) is 0.426. The van der Waals surface area contributed by atoms with Crippen LogP contribution in [-0.2, 0) is 4.74 Å². The van der Waals surface area contributed by atoms with Gasteiger partial charge in [0.25, 0.3) is 11.6 Å². The Morgan fingerprint density at radius 1 is 1.48 bits per heavy atom. The van der Waals surface area contributed by atoms with Crippen LogP contribution in [-0.4, -0.2) is 30.1 Å². The van der Waals surface area contributed by atoms with Gasteiger partial charge in [0, 0.05) is 19.2 Å². The molecular weight excluding hydrogens is 276 g/mol. The summed E-state index contributed by atoms with van der Waals surface area (Å²) in [6.45, 7) is 0. The van der Waals surface area contributed by atoms with Gasteiger partial charge in [0.15, 0.2) is 0 Å². The maximum absolute atomic E-state index is 12.3. The highest BCUT2D eigenvalue weighted by Crippen LogP contribution is 2.28. The average molecular weight is 294 g/mol. The van der Waals surface area contributed by atoms with Gasteiger partial charge in [-0.15, -0.1) is 0 Å². The molecule has 2 atom stereocenters. The summed E-state index contributed by atoms with van der Waals surface area (Å²) in [5, 5.41) is 13.8. The van der Waals surface area contributed by atoms with Crippen LogP contribution in [0, 0.1) is 10.1 Å². The van der Waals surface area contributed by atoms with Crippen molar-refractivity contribution in [3.8, 4) is 0 Å². The van der Waals surface area contributed by atoms with Gasteiger partial charge < -0.3 is 15.5 Å². The Labute approximate surface area is 121 Å². The molecule has 114 valence electrons. The molecule has 0 aliphatic heterocycles. The number of anilines is 1. The summed E-state index contributed by atoms with van der Waals surface area (Å²) < 4.78 is 5.25. The van der Waals surface area contributed by atoms with E-state index in [0.29, 0.717) is 0 Å². The third-order valence-corrected chi connectivity index (χ3v) is 3.68. The van der Waals surface area contributed by atoms with Crippen molar-refractivity contribution < 1.29 is 14.5 Å². The molecule has 1 fully saturated rings. The van der Waals surface area contributed by atoms with E-state index in [-0.39, 0.29) is 35.0 Å². The Morgan fingerprint density at radius 3 is 2.81 bits per heavy atom. The zero-order chi connectivity index (χ0) is 15.4. The van der Waals surface area contributed by atoms with Gasteiger partial charge in [-0.25, -0.2) is 0 Å². The number of hydrogen-bond acceptors (Lipinski definition) is 6. The maximum Gasteiger partial charge on any atom is 0.294 e. The van der Waals surface area contributed by atoms with E-state index in [4.69, 9.17) is 10.6 Å². The first kappa shape index (κ1) is 15.2. The summed E-state index contributed by atoms with van der Waals surface area (Å²) in [5.74, 6) is 4.94. The third-order valence-electron chi connectivity index (χ3n) is 3.68. The highest BCUT2D eigenvalue weighted by molar-refractivity contribution is 6.01.